The van der Waals surface area contributed by atoms with E-state index in [-0.39, 0.29) is 6.54 Å². The molecule has 0 amide bonds. The van der Waals surface area contributed by atoms with Crippen molar-refractivity contribution in [2.45, 2.75) is 18.2 Å². The molecular formula is C9H13N5OS. The van der Waals surface area contributed by atoms with Crippen molar-refractivity contribution in [3.05, 3.63) is 23.8 Å². The van der Waals surface area contributed by atoms with Gasteiger partial charge in [-0.1, -0.05) is 11.8 Å². The van der Waals surface area contributed by atoms with Gasteiger partial charge in [-0.3, -0.25) is 4.68 Å². The molecule has 0 atom stereocenters. The Balaban J connectivity index is 1.79. The molecule has 2 heterocycles. The molecule has 6 nitrogen and oxygen atoms in total. The van der Waals surface area contributed by atoms with Gasteiger partial charge in [-0.2, -0.15) is 5.10 Å². The molecule has 0 radical (unpaired) electrons. The molecule has 0 spiro atoms. The maximum atomic E-state index is 5.37. The molecule has 16 heavy (non-hydrogen) atoms. The largest absolute Gasteiger partial charge is 0.415 e. The Morgan fingerprint density at radius 2 is 2.38 bits per heavy atom. The zero-order chi connectivity index (χ0) is 11.4. The molecule has 0 saturated carbocycles. The fourth-order valence-corrected chi connectivity index (χ4v) is 2.00. The fourth-order valence-electron chi connectivity index (χ4n) is 1.24. The fraction of sp³-hybridized carbons (Fsp3) is 0.444. The summed E-state index contributed by atoms with van der Waals surface area (Å²) in [5, 5.41) is 12.3. The smallest absolute Gasteiger partial charge is 0.276 e. The van der Waals surface area contributed by atoms with E-state index in [2.05, 4.69) is 15.3 Å². The second-order valence-electron chi connectivity index (χ2n) is 3.29. The molecule has 2 aromatic rings. The van der Waals surface area contributed by atoms with E-state index >= 15 is 0 Å². The summed E-state index contributed by atoms with van der Waals surface area (Å²) >= 11 is 1.53. The molecule has 2 N–H and O–H groups in total. The summed E-state index contributed by atoms with van der Waals surface area (Å²) in [5.74, 6) is 1.36. The van der Waals surface area contributed by atoms with Crippen LogP contribution >= 0.6 is 11.8 Å². The average Bonchev–Trinajstić information content (AvgIpc) is 2.88. The van der Waals surface area contributed by atoms with Crippen LogP contribution < -0.4 is 5.73 Å². The maximum Gasteiger partial charge on any atom is 0.276 e. The number of rotatable bonds is 5. The summed E-state index contributed by atoms with van der Waals surface area (Å²) in [6, 6.07) is 0. The number of aromatic nitrogens is 4. The van der Waals surface area contributed by atoms with E-state index in [1.165, 1.54) is 17.3 Å². The van der Waals surface area contributed by atoms with Gasteiger partial charge >= 0.3 is 0 Å². The molecule has 0 saturated heterocycles. The number of nitrogens with zero attached hydrogens (tertiary/aromatic N) is 4. The summed E-state index contributed by atoms with van der Waals surface area (Å²) in [4.78, 5) is 0. The van der Waals surface area contributed by atoms with Crippen molar-refractivity contribution in [3.63, 3.8) is 0 Å². The quantitative estimate of drug-likeness (QED) is 0.769. The molecule has 0 aliphatic carbocycles. The standard InChI is InChI=1S/C9H13N5OS/c1-14-6-7(5-11-14)2-3-16-9-13-12-8(4-10)15-9/h5-6H,2-4,10H2,1H3. The normalized spacial score (nSPS) is 10.9. The number of thioether (sulfide) groups is 1. The third-order valence-corrected chi connectivity index (χ3v) is 2.82. The van der Waals surface area contributed by atoms with Crippen molar-refractivity contribution < 1.29 is 4.42 Å². The van der Waals surface area contributed by atoms with Crippen molar-refractivity contribution in [3.8, 4) is 0 Å². The van der Waals surface area contributed by atoms with Gasteiger partial charge < -0.3 is 10.2 Å². The van der Waals surface area contributed by atoms with Crippen molar-refractivity contribution in [2.75, 3.05) is 5.75 Å². The third kappa shape index (κ3) is 2.83. The SMILES string of the molecule is Cn1cc(CCSc2nnc(CN)o2)cn1. The van der Waals surface area contributed by atoms with Crippen LogP contribution in [0.2, 0.25) is 0 Å². The van der Waals surface area contributed by atoms with Crippen LogP contribution in [0.25, 0.3) is 0 Å². The van der Waals surface area contributed by atoms with Gasteiger partial charge in [-0.05, 0) is 12.0 Å². The number of hydrogen-bond donors (Lipinski definition) is 1. The highest BCUT2D eigenvalue weighted by atomic mass is 32.2. The van der Waals surface area contributed by atoms with Crippen LogP contribution in [0.5, 0.6) is 0 Å². The van der Waals surface area contributed by atoms with Crippen LogP contribution in [0.3, 0.4) is 0 Å². The lowest BCUT2D eigenvalue weighted by Gasteiger charge is -1.93. The van der Waals surface area contributed by atoms with Gasteiger partial charge in [0, 0.05) is 19.0 Å². The number of aryl methyl sites for hydroxylation is 2. The molecule has 7 heteroatoms. The molecule has 0 fully saturated rings. The van der Waals surface area contributed by atoms with Crippen LogP contribution in [0.1, 0.15) is 11.5 Å². The Labute approximate surface area is 97.2 Å². The van der Waals surface area contributed by atoms with Gasteiger partial charge in [0.05, 0.1) is 12.7 Å². The van der Waals surface area contributed by atoms with Crippen molar-refractivity contribution >= 4 is 11.8 Å². The molecule has 0 bridgehead atoms. The Hall–Kier alpha value is -1.34. The van der Waals surface area contributed by atoms with Gasteiger partial charge in [0.15, 0.2) is 0 Å². The summed E-state index contributed by atoms with van der Waals surface area (Å²) in [7, 11) is 1.90. The third-order valence-electron chi connectivity index (χ3n) is 2.00. The summed E-state index contributed by atoms with van der Waals surface area (Å²) in [6.07, 6.45) is 4.79. The first-order valence-corrected chi connectivity index (χ1v) is 5.89. The Morgan fingerprint density at radius 1 is 1.50 bits per heavy atom. The number of hydrogen-bond acceptors (Lipinski definition) is 6. The van der Waals surface area contributed by atoms with Gasteiger partial charge in [0.2, 0.25) is 5.89 Å². The molecule has 0 aliphatic heterocycles. The van der Waals surface area contributed by atoms with E-state index < -0.39 is 0 Å². The maximum absolute atomic E-state index is 5.37. The lowest BCUT2D eigenvalue weighted by Crippen LogP contribution is -1.95. The van der Waals surface area contributed by atoms with Crippen molar-refractivity contribution in [1.82, 2.24) is 20.0 Å². The first-order valence-electron chi connectivity index (χ1n) is 4.90. The molecule has 0 unspecified atom stereocenters. The monoisotopic (exact) mass is 239 g/mol. The van der Waals surface area contributed by atoms with Crippen LogP contribution in [0.15, 0.2) is 22.0 Å². The summed E-state index contributed by atoms with van der Waals surface area (Å²) in [6.45, 7) is 0.288. The van der Waals surface area contributed by atoms with Gasteiger partial charge in [-0.25, -0.2) is 0 Å². The second kappa shape index (κ2) is 5.13. The molecule has 2 aromatic heterocycles. The zero-order valence-electron chi connectivity index (χ0n) is 8.96. The topological polar surface area (TPSA) is 82.8 Å². The zero-order valence-corrected chi connectivity index (χ0v) is 9.78. The van der Waals surface area contributed by atoms with E-state index in [9.17, 15) is 0 Å². The van der Waals surface area contributed by atoms with Crippen LogP contribution in [-0.2, 0) is 20.0 Å². The van der Waals surface area contributed by atoms with Crippen molar-refractivity contribution in [2.24, 2.45) is 12.8 Å². The van der Waals surface area contributed by atoms with Gasteiger partial charge in [0.1, 0.15) is 0 Å². The molecule has 0 aromatic carbocycles. The van der Waals surface area contributed by atoms with Crippen LogP contribution in [0, 0.1) is 0 Å². The van der Waals surface area contributed by atoms with E-state index in [0.717, 1.165) is 12.2 Å². The highest BCUT2D eigenvalue weighted by Gasteiger charge is 2.05. The minimum Gasteiger partial charge on any atom is -0.415 e. The van der Waals surface area contributed by atoms with Gasteiger partial charge in [0.25, 0.3) is 5.22 Å². The molecule has 2 rings (SSSR count). The van der Waals surface area contributed by atoms with E-state index in [1.807, 2.05) is 19.4 Å². The van der Waals surface area contributed by atoms with E-state index in [4.69, 9.17) is 10.2 Å². The van der Waals surface area contributed by atoms with Gasteiger partial charge in [-0.15, -0.1) is 10.2 Å². The lowest BCUT2D eigenvalue weighted by atomic mass is 10.3. The Morgan fingerprint density at radius 3 is 3.00 bits per heavy atom. The molecule has 86 valence electrons. The predicted octanol–water partition coefficient (Wildman–Crippen LogP) is 0.597. The molecule has 0 aliphatic rings. The van der Waals surface area contributed by atoms with E-state index in [1.54, 1.807) is 4.68 Å². The van der Waals surface area contributed by atoms with Crippen molar-refractivity contribution in [1.29, 1.82) is 0 Å². The molecular weight excluding hydrogens is 226 g/mol. The summed E-state index contributed by atoms with van der Waals surface area (Å²) < 4.78 is 7.06. The average molecular weight is 239 g/mol. The lowest BCUT2D eigenvalue weighted by molar-refractivity contribution is 0.415. The van der Waals surface area contributed by atoms with Crippen LogP contribution in [-0.4, -0.2) is 25.7 Å². The minimum absolute atomic E-state index is 0.288. The predicted molar refractivity (Wildman–Crippen MR) is 59.8 cm³/mol. The minimum atomic E-state index is 0.288. The Kier molecular flexibility index (Phi) is 3.58. The highest BCUT2D eigenvalue weighted by Crippen LogP contribution is 2.17. The number of nitrogens with two attached hydrogens (primary N) is 1. The first-order chi connectivity index (χ1) is 7.78. The van der Waals surface area contributed by atoms with E-state index in [0.29, 0.717) is 11.1 Å². The second-order valence-corrected chi connectivity index (χ2v) is 4.33. The first kappa shape index (κ1) is 11.2. The Bertz CT molecular complexity index is 452. The highest BCUT2D eigenvalue weighted by molar-refractivity contribution is 7.99. The van der Waals surface area contributed by atoms with Crippen LogP contribution in [0.4, 0.5) is 0 Å². The summed E-state index contributed by atoms with van der Waals surface area (Å²) in [5.41, 5.74) is 6.57.